The first-order valence-electron chi connectivity index (χ1n) is 6.01. The van der Waals surface area contributed by atoms with E-state index < -0.39 is 5.97 Å². The number of aromatic nitrogens is 1. The first kappa shape index (κ1) is 12.4. The van der Waals surface area contributed by atoms with Crippen LogP contribution in [-0.4, -0.2) is 16.1 Å². The van der Waals surface area contributed by atoms with E-state index in [2.05, 4.69) is 11.9 Å². The fourth-order valence-electron chi connectivity index (χ4n) is 1.95. The molecule has 0 fully saturated rings. The molecule has 18 heavy (non-hydrogen) atoms. The molecule has 0 amide bonds. The topological polar surface area (TPSA) is 70.2 Å². The minimum atomic E-state index is -1.12. The molecule has 0 saturated heterocycles. The Balaban J connectivity index is 2.51. The molecule has 1 aromatic carbocycles. The molecule has 94 valence electrons. The molecule has 1 aromatic heterocycles. The van der Waals surface area contributed by atoms with Crippen LogP contribution < -0.4 is 5.43 Å². The summed E-state index contributed by atoms with van der Waals surface area (Å²) in [5.74, 6) is -1.12. The maximum atomic E-state index is 11.8. The maximum Gasteiger partial charge on any atom is 0.352 e. The summed E-state index contributed by atoms with van der Waals surface area (Å²) in [7, 11) is 0. The SMILES string of the molecule is CCCCc1ccc2[nH]c(C(=O)O)cc(=O)c2c1. The zero-order valence-corrected chi connectivity index (χ0v) is 10.2. The number of H-pyrrole nitrogens is 1. The number of aryl methyl sites for hydroxylation is 1. The first-order chi connectivity index (χ1) is 8.61. The van der Waals surface area contributed by atoms with Crippen molar-refractivity contribution in [1.82, 2.24) is 4.98 Å². The molecule has 2 N–H and O–H groups in total. The number of unbranched alkanes of at least 4 members (excludes halogenated alkanes) is 1. The van der Waals surface area contributed by atoms with Gasteiger partial charge in [-0.1, -0.05) is 19.4 Å². The Morgan fingerprint density at radius 1 is 1.33 bits per heavy atom. The van der Waals surface area contributed by atoms with E-state index in [1.807, 2.05) is 12.1 Å². The number of carboxylic acid groups (broad SMARTS) is 1. The largest absolute Gasteiger partial charge is 0.477 e. The molecule has 2 aromatic rings. The summed E-state index contributed by atoms with van der Waals surface area (Å²) < 4.78 is 0. The minimum Gasteiger partial charge on any atom is -0.477 e. The first-order valence-corrected chi connectivity index (χ1v) is 6.01. The molecular weight excluding hydrogens is 230 g/mol. The second-order valence-electron chi connectivity index (χ2n) is 4.34. The number of hydrogen-bond acceptors (Lipinski definition) is 2. The number of rotatable bonds is 4. The van der Waals surface area contributed by atoms with Crippen molar-refractivity contribution in [3.63, 3.8) is 0 Å². The Morgan fingerprint density at radius 2 is 2.11 bits per heavy atom. The van der Waals surface area contributed by atoms with Gasteiger partial charge in [-0.25, -0.2) is 4.79 Å². The molecule has 2 rings (SSSR count). The van der Waals surface area contributed by atoms with Crippen molar-refractivity contribution in [2.75, 3.05) is 0 Å². The highest BCUT2D eigenvalue weighted by molar-refractivity contribution is 5.89. The van der Waals surface area contributed by atoms with Crippen LogP contribution in [0.2, 0.25) is 0 Å². The molecule has 0 bridgehead atoms. The number of fused-ring (bicyclic) bond motifs is 1. The van der Waals surface area contributed by atoms with Gasteiger partial charge in [-0.2, -0.15) is 0 Å². The number of pyridine rings is 1. The van der Waals surface area contributed by atoms with Crippen molar-refractivity contribution in [1.29, 1.82) is 0 Å². The lowest BCUT2D eigenvalue weighted by Crippen LogP contribution is -2.09. The molecule has 0 aliphatic carbocycles. The molecule has 0 radical (unpaired) electrons. The van der Waals surface area contributed by atoms with E-state index in [4.69, 9.17) is 5.11 Å². The van der Waals surface area contributed by atoms with E-state index in [1.165, 1.54) is 0 Å². The highest BCUT2D eigenvalue weighted by Crippen LogP contribution is 2.13. The monoisotopic (exact) mass is 245 g/mol. The fourth-order valence-corrected chi connectivity index (χ4v) is 1.95. The molecule has 0 saturated carbocycles. The van der Waals surface area contributed by atoms with Crippen molar-refractivity contribution < 1.29 is 9.90 Å². The van der Waals surface area contributed by atoms with Crippen LogP contribution in [0.25, 0.3) is 10.9 Å². The van der Waals surface area contributed by atoms with Gasteiger partial charge in [0.05, 0.1) is 0 Å². The third-order valence-electron chi connectivity index (χ3n) is 2.94. The average Bonchev–Trinajstić information content (AvgIpc) is 2.36. The smallest absolute Gasteiger partial charge is 0.352 e. The van der Waals surface area contributed by atoms with Gasteiger partial charge in [0.1, 0.15) is 5.69 Å². The summed E-state index contributed by atoms with van der Waals surface area (Å²) in [6, 6.07) is 6.68. The Morgan fingerprint density at radius 3 is 2.78 bits per heavy atom. The van der Waals surface area contributed by atoms with Gasteiger partial charge < -0.3 is 10.1 Å². The van der Waals surface area contributed by atoms with Crippen molar-refractivity contribution in [2.24, 2.45) is 0 Å². The summed E-state index contributed by atoms with van der Waals surface area (Å²) in [4.78, 5) is 25.4. The minimum absolute atomic E-state index is 0.0752. The van der Waals surface area contributed by atoms with Crippen molar-refractivity contribution >= 4 is 16.9 Å². The summed E-state index contributed by atoms with van der Waals surface area (Å²) in [5, 5.41) is 9.42. The van der Waals surface area contributed by atoms with E-state index in [0.717, 1.165) is 30.9 Å². The maximum absolute atomic E-state index is 11.8. The van der Waals surface area contributed by atoms with Gasteiger partial charge in [-0.3, -0.25) is 4.79 Å². The highest BCUT2D eigenvalue weighted by Gasteiger charge is 2.08. The molecular formula is C14H15NO3. The number of carboxylic acids is 1. The molecule has 4 heteroatoms. The quantitative estimate of drug-likeness (QED) is 0.869. The molecule has 0 atom stereocenters. The molecule has 0 aliphatic heterocycles. The van der Waals surface area contributed by atoms with Gasteiger partial charge in [0.15, 0.2) is 5.43 Å². The van der Waals surface area contributed by atoms with E-state index in [9.17, 15) is 9.59 Å². The summed E-state index contributed by atoms with van der Waals surface area (Å²) in [6.45, 7) is 2.12. The van der Waals surface area contributed by atoms with Crippen LogP contribution in [-0.2, 0) is 6.42 Å². The van der Waals surface area contributed by atoms with Crippen molar-refractivity contribution in [2.45, 2.75) is 26.2 Å². The highest BCUT2D eigenvalue weighted by atomic mass is 16.4. The van der Waals surface area contributed by atoms with E-state index >= 15 is 0 Å². The van der Waals surface area contributed by atoms with Crippen LogP contribution in [0.5, 0.6) is 0 Å². The molecule has 1 heterocycles. The Kier molecular flexibility index (Phi) is 3.46. The molecule has 4 nitrogen and oxygen atoms in total. The number of hydrogen-bond donors (Lipinski definition) is 2. The predicted octanol–water partition coefficient (Wildman–Crippen LogP) is 2.57. The zero-order chi connectivity index (χ0) is 13.1. The van der Waals surface area contributed by atoms with Crippen molar-refractivity contribution in [3.05, 3.63) is 45.7 Å². The van der Waals surface area contributed by atoms with Crippen LogP contribution in [0.3, 0.4) is 0 Å². The Hall–Kier alpha value is -2.10. The molecule has 0 unspecified atom stereocenters. The van der Waals surface area contributed by atoms with Crippen LogP contribution in [0.1, 0.15) is 35.8 Å². The predicted molar refractivity (Wildman–Crippen MR) is 70.1 cm³/mol. The van der Waals surface area contributed by atoms with E-state index in [0.29, 0.717) is 10.9 Å². The van der Waals surface area contributed by atoms with Gasteiger partial charge >= 0.3 is 5.97 Å². The second-order valence-corrected chi connectivity index (χ2v) is 4.34. The zero-order valence-electron chi connectivity index (χ0n) is 10.2. The number of benzene rings is 1. The Labute approximate surface area is 104 Å². The lowest BCUT2D eigenvalue weighted by molar-refractivity contribution is 0.0691. The Bertz CT molecular complexity index is 643. The van der Waals surface area contributed by atoms with E-state index in [1.54, 1.807) is 6.07 Å². The normalized spacial score (nSPS) is 10.7. The lowest BCUT2D eigenvalue weighted by Gasteiger charge is -2.04. The van der Waals surface area contributed by atoms with Gasteiger partial charge in [0, 0.05) is 17.0 Å². The van der Waals surface area contributed by atoms with Crippen LogP contribution in [0.4, 0.5) is 0 Å². The van der Waals surface area contributed by atoms with Crippen LogP contribution in [0, 0.1) is 0 Å². The van der Waals surface area contributed by atoms with Crippen LogP contribution >= 0.6 is 0 Å². The standard InChI is InChI=1S/C14H15NO3/c1-2-3-4-9-5-6-11-10(7-9)13(16)8-12(15-11)14(17)18/h5-8H,2-4H2,1H3,(H,15,16)(H,17,18). The number of aromatic carboxylic acids is 1. The third-order valence-corrected chi connectivity index (χ3v) is 2.94. The second kappa shape index (κ2) is 5.04. The molecule has 0 aliphatic rings. The average molecular weight is 245 g/mol. The van der Waals surface area contributed by atoms with Crippen molar-refractivity contribution in [3.8, 4) is 0 Å². The number of carbonyl (C=O) groups is 1. The van der Waals surface area contributed by atoms with Gasteiger partial charge in [-0.05, 0) is 30.5 Å². The summed E-state index contributed by atoms with van der Waals surface area (Å²) in [5.41, 5.74) is 1.35. The van der Waals surface area contributed by atoms with Gasteiger partial charge in [-0.15, -0.1) is 0 Å². The summed E-state index contributed by atoms with van der Waals surface area (Å²) >= 11 is 0. The molecule has 0 spiro atoms. The van der Waals surface area contributed by atoms with Crippen LogP contribution in [0.15, 0.2) is 29.1 Å². The summed E-state index contributed by atoms with van der Waals surface area (Å²) in [6.07, 6.45) is 3.12. The van der Waals surface area contributed by atoms with E-state index in [-0.39, 0.29) is 11.1 Å². The number of nitrogens with one attached hydrogen (secondary N) is 1. The number of aromatic amines is 1. The van der Waals surface area contributed by atoms with Gasteiger partial charge in [0.25, 0.3) is 0 Å². The fraction of sp³-hybridized carbons (Fsp3) is 0.286. The third kappa shape index (κ3) is 2.42. The lowest BCUT2D eigenvalue weighted by atomic mass is 10.1. The van der Waals surface area contributed by atoms with Gasteiger partial charge in [0.2, 0.25) is 0 Å².